The molecule has 0 saturated carbocycles. The Morgan fingerprint density at radius 1 is 1.77 bits per heavy atom. The Balaban J connectivity index is 2.16. The highest BCUT2D eigenvalue weighted by Crippen LogP contribution is 2.08. The van der Waals surface area contributed by atoms with E-state index in [1.54, 1.807) is 0 Å². The zero-order valence-electron chi connectivity index (χ0n) is 7.11. The van der Waals surface area contributed by atoms with E-state index in [1.807, 2.05) is 6.92 Å². The average Bonchev–Trinajstić information content (AvgIpc) is 2.45. The van der Waals surface area contributed by atoms with Crippen LogP contribution in [0.15, 0.2) is 0 Å². The number of hydrogen-bond donors (Lipinski definition) is 2. The molecule has 1 aromatic rings. The highest BCUT2D eigenvalue weighted by atomic mass is 32.1. The summed E-state index contributed by atoms with van der Waals surface area (Å²) in [6.07, 6.45) is -0.768. The number of ether oxygens (including phenoxy) is 1. The van der Waals surface area contributed by atoms with Crippen LogP contribution in [-0.4, -0.2) is 28.6 Å². The van der Waals surface area contributed by atoms with Crippen LogP contribution in [0.3, 0.4) is 0 Å². The van der Waals surface area contributed by atoms with Crippen LogP contribution in [0.4, 0.5) is 9.93 Å². The number of amides is 1. The second-order valence-electron chi connectivity index (χ2n) is 2.24. The summed E-state index contributed by atoms with van der Waals surface area (Å²) in [4.78, 5) is 14.2. The third-order valence-electron chi connectivity index (χ3n) is 1.15. The first-order valence-corrected chi connectivity index (χ1v) is 4.42. The molecule has 0 aliphatic rings. The topological polar surface area (TPSA) is 90.1 Å². The molecule has 1 aromatic heterocycles. The predicted molar refractivity (Wildman–Crippen MR) is 48.7 cm³/mol. The van der Waals surface area contributed by atoms with Gasteiger partial charge in [-0.2, -0.15) is 4.37 Å². The van der Waals surface area contributed by atoms with Crippen molar-refractivity contribution >= 4 is 22.8 Å². The number of nitrogens with two attached hydrogens (primary N) is 1. The Morgan fingerprint density at radius 2 is 2.54 bits per heavy atom. The number of aryl methyl sites for hydroxylation is 1. The molecule has 0 radical (unpaired) electrons. The minimum atomic E-state index is -0.768. The Hall–Kier alpha value is -1.37. The summed E-state index contributed by atoms with van der Waals surface area (Å²) in [6.45, 7) is 2.52. The Morgan fingerprint density at radius 3 is 3.08 bits per heavy atom. The second-order valence-corrected chi connectivity index (χ2v) is 2.99. The predicted octanol–water partition coefficient (Wildman–Crippen LogP) is 0.354. The molecule has 6 nitrogen and oxygen atoms in total. The summed E-state index contributed by atoms with van der Waals surface area (Å²) in [5.41, 5.74) is 4.76. The fourth-order valence-corrected chi connectivity index (χ4v) is 1.28. The maximum Gasteiger partial charge on any atom is 0.404 e. The number of nitrogens with one attached hydrogen (secondary N) is 1. The first kappa shape index (κ1) is 9.72. The molecule has 0 unspecified atom stereocenters. The van der Waals surface area contributed by atoms with Crippen molar-refractivity contribution in [2.75, 3.05) is 18.5 Å². The number of carbonyl (C=O) groups excluding carboxylic acids is 1. The number of hydrogen-bond acceptors (Lipinski definition) is 6. The maximum atomic E-state index is 10.2. The molecule has 13 heavy (non-hydrogen) atoms. The normalized spacial score (nSPS) is 9.62. The van der Waals surface area contributed by atoms with E-state index >= 15 is 0 Å². The van der Waals surface area contributed by atoms with Gasteiger partial charge in [-0.15, -0.1) is 0 Å². The molecule has 0 spiro atoms. The highest BCUT2D eigenvalue weighted by Gasteiger charge is 1.98. The fraction of sp³-hybridized carbons (Fsp3) is 0.500. The summed E-state index contributed by atoms with van der Waals surface area (Å²) in [6, 6.07) is 0. The lowest BCUT2D eigenvalue weighted by Gasteiger charge is -2.01. The van der Waals surface area contributed by atoms with Crippen molar-refractivity contribution in [1.29, 1.82) is 0 Å². The summed E-state index contributed by atoms with van der Waals surface area (Å²) in [5.74, 6) is 0.725. The van der Waals surface area contributed by atoms with Gasteiger partial charge < -0.3 is 15.8 Å². The van der Waals surface area contributed by atoms with Crippen LogP contribution in [-0.2, 0) is 4.74 Å². The van der Waals surface area contributed by atoms with Gasteiger partial charge in [0, 0.05) is 11.5 Å². The fourth-order valence-electron chi connectivity index (χ4n) is 0.678. The van der Waals surface area contributed by atoms with Crippen LogP contribution < -0.4 is 11.1 Å². The van der Waals surface area contributed by atoms with Crippen LogP contribution in [0, 0.1) is 6.92 Å². The lowest BCUT2D eigenvalue weighted by Crippen LogP contribution is -2.18. The van der Waals surface area contributed by atoms with Gasteiger partial charge in [-0.05, 0) is 6.92 Å². The van der Waals surface area contributed by atoms with E-state index in [-0.39, 0.29) is 6.61 Å². The number of primary amides is 1. The Labute approximate surface area is 79.3 Å². The molecule has 0 atom stereocenters. The van der Waals surface area contributed by atoms with E-state index in [9.17, 15) is 4.79 Å². The lowest BCUT2D eigenvalue weighted by molar-refractivity contribution is 0.161. The summed E-state index contributed by atoms with van der Waals surface area (Å²) < 4.78 is 8.47. The third-order valence-corrected chi connectivity index (χ3v) is 1.91. The Bertz CT molecular complexity index is 288. The highest BCUT2D eigenvalue weighted by molar-refractivity contribution is 7.09. The van der Waals surface area contributed by atoms with Crippen LogP contribution in [0.5, 0.6) is 0 Å². The minimum absolute atomic E-state index is 0.230. The number of nitrogens with zero attached hydrogens (tertiary/aromatic N) is 2. The van der Waals surface area contributed by atoms with Crippen molar-refractivity contribution in [3.63, 3.8) is 0 Å². The van der Waals surface area contributed by atoms with Gasteiger partial charge in [-0.25, -0.2) is 9.78 Å². The zero-order valence-corrected chi connectivity index (χ0v) is 7.93. The van der Waals surface area contributed by atoms with E-state index in [2.05, 4.69) is 19.4 Å². The molecule has 0 bridgehead atoms. The molecular formula is C6H10N4O2S. The van der Waals surface area contributed by atoms with Gasteiger partial charge in [-0.1, -0.05) is 0 Å². The van der Waals surface area contributed by atoms with Gasteiger partial charge >= 0.3 is 6.09 Å². The summed E-state index contributed by atoms with van der Waals surface area (Å²) >= 11 is 1.26. The van der Waals surface area contributed by atoms with E-state index in [0.29, 0.717) is 11.7 Å². The van der Waals surface area contributed by atoms with Gasteiger partial charge in [0.25, 0.3) is 0 Å². The van der Waals surface area contributed by atoms with Crippen molar-refractivity contribution in [1.82, 2.24) is 9.36 Å². The number of aromatic nitrogens is 2. The van der Waals surface area contributed by atoms with Crippen molar-refractivity contribution in [2.45, 2.75) is 6.92 Å². The Kier molecular flexibility index (Phi) is 3.44. The molecule has 3 N–H and O–H groups in total. The first-order valence-electron chi connectivity index (χ1n) is 3.65. The zero-order chi connectivity index (χ0) is 9.68. The average molecular weight is 202 g/mol. The molecule has 1 amide bonds. The van der Waals surface area contributed by atoms with E-state index in [1.165, 1.54) is 11.5 Å². The van der Waals surface area contributed by atoms with Crippen molar-refractivity contribution < 1.29 is 9.53 Å². The number of carbonyl (C=O) groups is 1. The molecule has 0 fully saturated rings. The first-order chi connectivity index (χ1) is 6.18. The van der Waals surface area contributed by atoms with E-state index < -0.39 is 6.09 Å². The SMILES string of the molecule is Cc1nsc(NCCOC(N)=O)n1. The summed E-state index contributed by atoms with van der Waals surface area (Å²) in [7, 11) is 0. The van der Waals surface area contributed by atoms with Gasteiger partial charge in [0.15, 0.2) is 0 Å². The smallest absolute Gasteiger partial charge is 0.404 e. The summed E-state index contributed by atoms with van der Waals surface area (Å²) in [5, 5.41) is 3.65. The third kappa shape index (κ3) is 3.70. The molecular weight excluding hydrogens is 192 g/mol. The van der Waals surface area contributed by atoms with Crippen molar-refractivity contribution in [3.8, 4) is 0 Å². The van der Waals surface area contributed by atoms with Gasteiger partial charge in [0.2, 0.25) is 5.13 Å². The van der Waals surface area contributed by atoms with Crippen LogP contribution in [0.1, 0.15) is 5.82 Å². The number of rotatable bonds is 4. The maximum absolute atomic E-state index is 10.2. The number of anilines is 1. The molecule has 0 aliphatic heterocycles. The van der Waals surface area contributed by atoms with E-state index in [0.717, 1.165) is 5.82 Å². The van der Waals surface area contributed by atoms with Crippen LogP contribution in [0.25, 0.3) is 0 Å². The van der Waals surface area contributed by atoms with Crippen LogP contribution >= 0.6 is 11.5 Å². The van der Waals surface area contributed by atoms with Gasteiger partial charge in [0.05, 0.1) is 6.54 Å². The van der Waals surface area contributed by atoms with Crippen molar-refractivity contribution in [2.24, 2.45) is 5.73 Å². The molecule has 7 heteroatoms. The molecule has 0 saturated heterocycles. The molecule has 1 rings (SSSR count). The van der Waals surface area contributed by atoms with Gasteiger partial charge in [0.1, 0.15) is 12.4 Å². The second kappa shape index (κ2) is 4.61. The molecule has 72 valence electrons. The van der Waals surface area contributed by atoms with Gasteiger partial charge in [-0.3, -0.25) is 0 Å². The standard InChI is InChI=1S/C6H10N4O2S/c1-4-9-6(13-10-4)8-2-3-12-5(7)11/h2-3H2,1H3,(H2,7,11)(H,8,9,10). The lowest BCUT2D eigenvalue weighted by atomic mass is 10.7. The monoisotopic (exact) mass is 202 g/mol. The quantitative estimate of drug-likeness (QED) is 0.688. The van der Waals surface area contributed by atoms with Crippen molar-refractivity contribution in [3.05, 3.63) is 5.82 Å². The van der Waals surface area contributed by atoms with Crippen LogP contribution in [0.2, 0.25) is 0 Å². The molecule has 1 heterocycles. The molecule has 0 aromatic carbocycles. The largest absolute Gasteiger partial charge is 0.448 e. The van der Waals surface area contributed by atoms with E-state index in [4.69, 9.17) is 5.73 Å². The molecule has 0 aliphatic carbocycles. The minimum Gasteiger partial charge on any atom is -0.448 e.